The molecule has 0 heterocycles. The van der Waals surface area contributed by atoms with E-state index < -0.39 is 38.6 Å². The minimum Gasteiger partial charge on any atom is -0.396 e. The molecule has 0 aliphatic heterocycles. The van der Waals surface area contributed by atoms with Gasteiger partial charge in [0.25, 0.3) is 0 Å². The van der Waals surface area contributed by atoms with Crippen LogP contribution in [-0.4, -0.2) is 145 Å². The Balaban J connectivity index is 6.27. The Morgan fingerprint density at radius 1 is 0.392 bits per heavy atom. The van der Waals surface area contributed by atoms with E-state index in [0.717, 1.165) is 12.2 Å². The van der Waals surface area contributed by atoms with Crippen LogP contribution in [0.2, 0.25) is 0 Å². The average molecular weight is 770 g/mol. The van der Waals surface area contributed by atoms with Gasteiger partial charge in [0.15, 0.2) is 0 Å². The summed E-state index contributed by atoms with van der Waals surface area (Å²) in [4.78, 5) is 0. The molecule has 0 aliphatic rings. The highest BCUT2D eigenvalue weighted by Gasteiger charge is 2.40. The zero-order valence-corrected chi connectivity index (χ0v) is 36.4. The molecule has 0 aromatic heterocycles. The van der Waals surface area contributed by atoms with E-state index in [9.17, 15) is 5.11 Å². The van der Waals surface area contributed by atoms with Crippen molar-refractivity contribution in [2.24, 2.45) is 5.41 Å². The molecule has 0 aromatic carbocycles. The van der Waals surface area contributed by atoms with Crippen molar-refractivity contribution in [3.8, 4) is 0 Å². The van der Waals surface area contributed by atoms with Crippen molar-refractivity contribution < 1.29 is 38.3 Å². The van der Waals surface area contributed by atoms with Crippen LogP contribution in [0.3, 0.4) is 0 Å². The van der Waals surface area contributed by atoms with Gasteiger partial charge in [0.1, 0.15) is 31.4 Å². The first-order valence-corrected chi connectivity index (χ1v) is 20.2. The monoisotopic (exact) mass is 770 g/mol. The molecule has 0 rings (SSSR count). The van der Waals surface area contributed by atoms with Gasteiger partial charge in [-0.05, 0) is 131 Å². The lowest BCUT2D eigenvalue weighted by Crippen LogP contribution is -2.50. The van der Waals surface area contributed by atoms with E-state index in [1.54, 1.807) is 6.92 Å². The predicted octanol–water partition coefficient (Wildman–Crippen LogP) is 5.48. The smallest absolute Gasteiger partial charge is 0.113 e. The third-order valence-corrected chi connectivity index (χ3v) is 9.53. The van der Waals surface area contributed by atoms with E-state index in [1.165, 1.54) is 0 Å². The molecule has 4 unspecified atom stereocenters. The number of hydrogen-bond donors (Lipinski definition) is 4. The van der Waals surface area contributed by atoms with Crippen molar-refractivity contribution in [3.63, 3.8) is 0 Å². The quantitative estimate of drug-likeness (QED) is 0.0530. The molecular weight excluding hydrogens is 700 g/mol. The highest BCUT2D eigenvalue weighted by atomic mass is 32.1. The Hall–Kier alpha value is 0.990. The van der Waals surface area contributed by atoms with E-state index >= 15 is 0 Å². The molecule has 0 aromatic rings. The molecule has 292 valence electrons. The second kappa shape index (κ2) is 23.3. The van der Waals surface area contributed by atoms with Crippen molar-refractivity contribution in [1.82, 2.24) is 0 Å². The van der Waals surface area contributed by atoms with Crippen molar-refractivity contribution in [3.05, 3.63) is 0 Å². The van der Waals surface area contributed by atoms with Gasteiger partial charge in [-0.1, -0.05) is 0 Å². The van der Waals surface area contributed by atoms with Crippen LogP contribution in [0.4, 0.5) is 0 Å². The summed E-state index contributed by atoms with van der Waals surface area (Å²) in [5.74, 6) is 1.96. The summed E-state index contributed by atoms with van der Waals surface area (Å²) in [6, 6.07) is 0. The first kappa shape index (κ1) is 52.0. The number of thiol groups is 3. The number of rotatable bonds is 32. The Morgan fingerprint density at radius 2 is 0.706 bits per heavy atom. The molecular formula is C36H70B4O8S3. The Morgan fingerprint density at radius 3 is 1.08 bits per heavy atom. The number of aliphatic hydroxyl groups is 1. The fourth-order valence-electron chi connectivity index (χ4n) is 4.61. The van der Waals surface area contributed by atoms with Crippen LogP contribution < -0.4 is 0 Å². The second-order valence-corrected chi connectivity index (χ2v) is 18.2. The van der Waals surface area contributed by atoms with Crippen molar-refractivity contribution in [2.75, 3.05) is 70.1 Å². The molecule has 0 saturated heterocycles. The standard InChI is InChI=1S/C36H70B4O8S3/c1-29(2,12-19-43-34(9,39)16-23-50)45-25-36(27-47-32(7,37)11-18-41,26-46-30(3,4)13-20-44-35(10,40)17-24-51)28-48-33(8,38)14-21-42-31(5,6)15-22-49/h41,49-51H,11-28H2,1-10H3. The van der Waals surface area contributed by atoms with E-state index in [1.807, 2.05) is 62.3 Å². The van der Waals surface area contributed by atoms with Crippen molar-refractivity contribution in [1.29, 1.82) is 0 Å². The summed E-state index contributed by atoms with van der Waals surface area (Å²) in [5.41, 5.74) is -6.14. The van der Waals surface area contributed by atoms with E-state index in [4.69, 9.17) is 64.5 Å². The summed E-state index contributed by atoms with van der Waals surface area (Å²) in [6.45, 7) is 21.0. The first-order valence-electron chi connectivity index (χ1n) is 18.3. The average Bonchev–Trinajstić information content (AvgIpc) is 2.95. The number of aliphatic hydroxyl groups excluding tert-OH is 1. The first-order chi connectivity index (χ1) is 23.2. The molecule has 0 saturated carbocycles. The van der Waals surface area contributed by atoms with Crippen LogP contribution in [0.5, 0.6) is 0 Å². The van der Waals surface area contributed by atoms with Gasteiger partial charge in [-0.2, -0.15) is 37.9 Å². The van der Waals surface area contributed by atoms with Gasteiger partial charge in [0.2, 0.25) is 0 Å². The molecule has 1 N–H and O–H groups in total. The maximum absolute atomic E-state index is 9.66. The Labute approximate surface area is 334 Å². The normalized spacial score (nSPS) is 19.1. The molecule has 8 nitrogen and oxygen atoms in total. The molecule has 0 bridgehead atoms. The maximum Gasteiger partial charge on any atom is 0.113 e. The van der Waals surface area contributed by atoms with Crippen LogP contribution in [0, 0.1) is 5.41 Å². The third kappa shape index (κ3) is 25.7. The molecule has 8 radical (unpaired) electrons. The Bertz CT molecular complexity index is 842. The molecule has 51 heavy (non-hydrogen) atoms. The minimum atomic E-state index is -1.11. The van der Waals surface area contributed by atoms with Gasteiger partial charge in [0, 0.05) is 48.4 Å². The lowest BCUT2D eigenvalue weighted by atomic mass is 9.79. The van der Waals surface area contributed by atoms with Crippen LogP contribution in [-0.2, 0) is 33.2 Å². The maximum atomic E-state index is 9.66. The Kier molecular flexibility index (Phi) is 23.7. The summed E-state index contributed by atoms with van der Waals surface area (Å²) >= 11 is 12.9. The molecule has 0 aliphatic carbocycles. The summed E-state index contributed by atoms with van der Waals surface area (Å²) in [5, 5.41) is 9.66. The lowest BCUT2D eigenvalue weighted by molar-refractivity contribution is -0.184. The molecule has 0 amide bonds. The van der Waals surface area contributed by atoms with Crippen LogP contribution in [0.15, 0.2) is 0 Å². The highest BCUT2D eigenvalue weighted by Crippen LogP contribution is 2.32. The van der Waals surface area contributed by atoms with Crippen LogP contribution >= 0.6 is 37.9 Å². The molecule has 15 heteroatoms. The molecule has 4 atom stereocenters. The number of ether oxygens (including phenoxy) is 7. The highest BCUT2D eigenvalue weighted by molar-refractivity contribution is 7.80. The summed E-state index contributed by atoms with van der Waals surface area (Å²) < 4.78 is 44.1. The van der Waals surface area contributed by atoms with E-state index in [0.29, 0.717) is 63.4 Å². The van der Waals surface area contributed by atoms with Gasteiger partial charge in [-0.25, -0.2) is 0 Å². The topological polar surface area (TPSA) is 84.8 Å². The fourth-order valence-corrected chi connectivity index (χ4v) is 6.04. The van der Waals surface area contributed by atoms with E-state index in [2.05, 4.69) is 37.9 Å². The second-order valence-electron chi connectivity index (χ2n) is 16.9. The van der Waals surface area contributed by atoms with Crippen LogP contribution in [0.25, 0.3) is 0 Å². The fraction of sp³-hybridized carbons (Fsp3) is 1.00. The van der Waals surface area contributed by atoms with Crippen molar-refractivity contribution in [2.45, 2.75) is 153 Å². The van der Waals surface area contributed by atoms with Crippen LogP contribution in [0.1, 0.15) is 114 Å². The summed E-state index contributed by atoms with van der Waals surface area (Å²) in [7, 11) is 25.7. The van der Waals surface area contributed by atoms with Gasteiger partial charge in [0.05, 0.1) is 48.6 Å². The molecule has 0 spiro atoms. The van der Waals surface area contributed by atoms with Gasteiger partial charge < -0.3 is 38.3 Å². The predicted molar refractivity (Wildman–Crippen MR) is 224 cm³/mol. The van der Waals surface area contributed by atoms with Crippen molar-refractivity contribution >= 4 is 69.3 Å². The van der Waals surface area contributed by atoms with Gasteiger partial charge in [-0.15, -0.1) is 0 Å². The largest absolute Gasteiger partial charge is 0.396 e. The summed E-state index contributed by atoms with van der Waals surface area (Å²) in [6.07, 6.45) is 3.87. The molecule has 0 fully saturated rings. The minimum absolute atomic E-state index is 0.104. The zero-order valence-electron chi connectivity index (χ0n) is 33.7. The lowest BCUT2D eigenvalue weighted by Gasteiger charge is -2.42. The van der Waals surface area contributed by atoms with Gasteiger partial charge in [-0.3, -0.25) is 0 Å². The zero-order chi connectivity index (χ0) is 39.7. The van der Waals surface area contributed by atoms with Gasteiger partial charge >= 0.3 is 0 Å². The number of hydrogen-bond acceptors (Lipinski definition) is 11. The third-order valence-electron chi connectivity index (χ3n) is 8.86. The SMILES string of the molecule is [B]C(C)(CCS)OCCC(C)(C)OCC(COC([B])(C)CCO)(COC([B])(C)CCOC(C)(C)CCS)COC(C)(C)CCOC([B])(C)CCS. The van der Waals surface area contributed by atoms with E-state index in [-0.39, 0.29) is 45.1 Å².